The molecule has 3 aromatic rings. The number of hydrogen-bond acceptors (Lipinski definition) is 3. The minimum Gasteiger partial charge on any atom is -0.322 e. The molecule has 0 unspecified atom stereocenters. The summed E-state index contributed by atoms with van der Waals surface area (Å²) in [4.78, 5) is 13.2. The Morgan fingerprint density at radius 1 is 1.17 bits per heavy atom. The van der Waals surface area contributed by atoms with Crippen LogP contribution in [0.4, 0.5) is 5.69 Å². The van der Waals surface area contributed by atoms with E-state index in [4.69, 9.17) is 11.6 Å². The molecule has 1 aliphatic heterocycles. The summed E-state index contributed by atoms with van der Waals surface area (Å²) in [5.41, 5.74) is 5.28. The van der Waals surface area contributed by atoms with Crippen LogP contribution in [-0.2, 0) is 0 Å². The topological polar surface area (TPSA) is 59.0 Å². The molecule has 0 bridgehead atoms. The zero-order chi connectivity index (χ0) is 21.3. The van der Waals surface area contributed by atoms with Crippen LogP contribution in [0.5, 0.6) is 0 Å². The van der Waals surface area contributed by atoms with Crippen molar-refractivity contribution in [3.63, 3.8) is 0 Å². The smallest absolute Gasteiger partial charge is 0.259 e. The second-order valence-corrected chi connectivity index (χ2v) is 8.99. The van der Waals surface area contributed by atoms with Crippen LogP contribution in [0, 0.1) is 13.8 Å². The van der Waals surface area contributed by atoms with Crippen LogP contribution in [0.1, 0.15) is 45.9 Å². The zero-order valence-electron chi connectivity index (χ0n) is 17.0. The van der Waals surface area contributed by atoms with E-state index in [1.165, 1.54) is 0 Å². The highest BCUT2D eigenvalue weighted by Gasteiger charge is 2.27. The van der Waals surface area contributed by atoms with E-state index in [9.17, 15) is 4.79 Å². The number of halogens is 2. The van der Waals surface area contributed by atoms with Crippen LogP contribution >= 0.6 is 27.5 Å². The van der Waals surface area contributed by atoms with Crippen molar-refractivity contribution >= 4 is 39.1 Å². The van der Waals surface area contributed by atoms with Gasteiger partial charge >= 0.3 is 0 Å². The predicted molar refractivity (Wildman–Crippen MR) is 125 cm³/mol. The van der Waals surface area contributed by atoms with Gasteiger partial charge < -0.3 is 10.6 Å². The van der Waals surface area contributed by atoms with E-state index in [1.807, 2.05) is 54.9 Å². The Bertz CT molecular complexity index is 1090. The van der Waals surface area contributed by atoms with Gasteiger partial charge in [-0.05, 0) is 81.2 Å². The summed E-state index contributed by atoms with van der Waals surface area (Å²) in [6.45, 7) is 5.83. The summed E-state index contributed by atoms with van der Waals surface area (Å²) < 4.78 is 2.89. The molecule has 1 fully saturated rings. The summed E-state index contributed by atoms with van der Waals surface area (Å²) >= 11 is 9.87. The van der Waals surface area contributed by atoms with Crippen molar-refractivity contribution in [2.75, 3.05) is 18.4 Å². The van der Waals surface area contributed by atoms with Crippen LogP contribution < -0.4 is 10.6 Å². The summed E-state index contributed by atoms with van der Waals surface area (Å²) in [6.07, 6.45) is 3.60. The molecular formula is C23H24BrClN4O. The van der Waals surface area contributed by atoms with Gasteiger partial charge in [0, 0.05) is 21.1 Å². The first-order valence-corrected chi connectivity index (χ1v) is 11.2. The number of carbonyl (C=O) groups excluding carboxylic acids is 1. The molecule has 0 atom stereocenters. The van der Waals surface area contributed by atoms with E-state index in [-0.39, 0.29) is 11.8 Å². The quantitative estimate of drug-likeness (QED) is 0.502. The Hall–Kier alpha value is -2.15. The maximum atomic E-state index is 13.2. The minimum atomic E-state index is -0.144. The van der Waals surface area contributed by atoms with Crippen LogP contribution in [0.15, 0.2) is 47.1 Å². The molecule has 0 saturated carbocycles. The third kappa shape index (κ3) is 4.31. The van der Waals surface area contributed by atoms with Crippen molar-refractivity contribution < 1.29 is 4.79 Å². The zero-order valence-corrected chi connectivity index (χ0v) is 19.3. The molecule has 156 valence electrons. The van der Waals surface area contributed by atoms with E-state index < -0.39 is 0 Å². The highest BCUT2D eigenvalue weighted by molar-refractivity contribution is 9.10. The van der Waals surface area contributed by atoms with Crippen LogP contribution in [-0.4, -0.2) is 28.8 Å². The molecule has 0 radical (unpaired) electrons. The van der Waals surface area contributed by atoms with Crippen molar-refractivity contribution in [1.29, 1.82) is 0 Å². The number of carbonyl (C=O) groups is 1. The van der Waals surface area contributed by atoms with E-state index in [0.29, 0.717) is 10.6 Å². The third-order valence-corrected chi connectivity index (χ3v) is 6.89. The predicted octanol–water partition coefficient (Wildman–Crippen LogP) is 5.62. The lowest BCUT2D eigenvalue weighted by molar-refractivity contribution is 0.102. The highest BCUT2D eigenvalue weighted by Crippen LogP contribution is 2.32. The monoisotopic (exact) mass is 486 g/mol. The lowest BCUT2D eigenvalue weighted by Crippen LogP contribution is -2.29. The average molecular weight is 488 g/mol. The Morgan fingerprint density at radius 3 is 2.63 bits per heavy atom. The first-order chi connectivity index (χ1) is 14.4. The number of benzene rings is 2. The Morgan fingerprint density at radius 2 is 1.93 bits per heavy atom. The van der Waals surface area contributed by atoms with E-state index in [1.54, 1.807) is 6.20 Å². The van der Waals surface area contributed by atoms with E-state index in [0.717, 1.165) is 58.6 Å². The number of piperidine rings is 1. The lowest BCUT2D eigenvalue weighted by Gasteiger charge is -2.25. The van der Waals surface area contributed by atoms with Gasteiger partial charge in [-0.15, -0.1) is 0 Å². The molecule has 7 heteroatoms. The fourth-order valence-corrected chi connectivity index (χ4v) is 4.28. The second kappa shape index (κ2) is 8.92. The molecule has 2 N–H and O–H groups in total. The molecule has 5 nitrogen and oxygen atoms in total. The van der Waals surface area contributed by atoms with Gasteiger partial charge in [0.1, 0.15) is 0 Å². The molecule has 1 aliphatic rings. The minimum absolute atomic E-state index is 0.144. The van der Waals surface area contributed by atoms with Crippen molar-refractivity contribution in [3.05, 3.63) is 74.5 Å². The van der Waals surface area contributed by atoms with Crippen molar-refractivity contribution in [2.45, 2.75) is 32.6 Å². The van der Waals surface area contributed by atoms with Crippen molar-refractivity contribution in [3.8, 4) is 5.69 Å². The van der Waals surface area contributed by atoms with Gasteiger partial charge in [-0.1, -0.05) is 33.6 Å². The van der Waals surface area contributed by atoms with E-state index >= 15 is 0 Å². The molecule has 1 aromatic heterocycles. The maximum absolute atomic E-state index is 13.2. The summed E-state index contributed by atoms with van der Waals surface area (Å²) in [7, 11) is 0. The third-order valence-electron chi connectivity index (χ3n) is 5.59. The number of anilines is 1. The molecule has 4 rings (SSSR count). The highest BCUT2D eigenvalue weighted by atomic mass is 79.9. The van der Waals surface area contributed by atoms with Gasteiger partial charge in [0.15, 0.2) is 0 Å². The number of nitrogens with one attached hydrogen (secondary N) is 2. The molecule has 30 heavy (non-hydrogen) atoms. The fraction of sp³-hybridized carbons (Fsp3) is 0.304. The molecule has 1 amide bonds. The normalized spacial score (nSPS) is 14.7. The van der Waals surface area contributed by atoms with Crippen LogP contribution in [0.25, 0.3) is 5.69 Å². The van der Waals surface area contributed by atoms with Gasteiger partial charge in [-0.2, -0.15) is 5.10 Å². The van der Waals surface area contributed by atoms with Crippen LogP contribution in [0.3, 0.4) is 0 Å². The number of amides is 1. The molecule has 2 aromatic carbocycles. The number of rotatable bonds is 4. The fourth-order valence-electron chi connectivity index (χ4n) is 3.86. The standard InChI is InChI=1S/C23H24BrClN4O/c1-14-3-5-18(12-21(14)25)29-22(16-7-9-26-10-8-16)19(13-27-29)23(30)28-17-4-6-20(24)15(2)11-17/h3-6,11-13,16,26H,7-10H2,1-2H3,(H,28,30). The summed E-state index contributed by atoms with van der Waals surface area (Å²) in [5, 5.41) is 11.7. The largest absolute Gasteiger partial charge is 0.322 e. The summed E-state index contributed by atoms with van der Waals surface area (Å²) in [6, 6.07) is 11.7. The molecule has 1 saturated heterocycles. The average Bonchev–Trinajstić information content (AvgIpc) is 3.19. The molecule has 0 spiro atoms. The first kappa shape index (κ1) is 21.1. The van der Waals surface area contributed by atoms with Gasteiger partial charge in [-0.3, -0.25) is 4.79 Å². The molecular weight excluding hydrogens is 464 g/mol. The first-order valence-electron chi connectivity index (χ1n) is 10.1. The van der Waals surface area contributed by atoms with Gasteiger partial charge in [-0.25, -0.2) is 4.68 Å². The lowest BCUT2D eigenvalue weighted by atomic mass is 9.91. The van der Waals surface area contributed by atoms with E-state index in [2.05, 4.69) is 31.7 Å². The second-order valence-electron chi connectivity index (χ2n) is 7.73. The van der Waals surface area contributed by atoms with Gasteiger partial charge in [0.2, 0.25) is 0 Å². The van der Waals surface area contributed by atoms with Gasteiger partial charge in [0.25, 0.3) is 5.91 Å². The van der Waals surface area contributed by atoms with Crippen LogP contribution in [0.2, 0.25) is 5.02 Å². The Balaban J connectivity index is 1.73. The Labute approximate surface area is 189 Å². The number of aryl methyl sites for hydroxylation is 2. The molecule has 2 heterocycles. The number of aromatic nitrogens is 2. The van der Waals surface area contributed by atoms with Gasteiger partial charge in [0.05, 0.1) is 23.1 Å². The van der Waals surface area contributed by atoms with Crippen molar-refractivity contribution in [1.82, 2.24) is 15.1 Å². The van der Waals surface area contributed by atoms with Crippen molar-refractivity contribution in [2.24, 2.45) is 0 Å². The number of hydrogen-bond donors (Lipinski definition) is 2. The maximum Gasteiger partial charge on any atom is 0.259 e. The number of nitrogens with zero attached hydrogens (tertiary/aromatic N) is 2. The summed E-state index contributed by atoms with van der Waals surface area (Å²) in [5.74, 6) is 0.107. The SMILES string of the molecule is Cc1ccc(-n2ncc(C(=O)Nc3ccc(Br)c(C)c3)c2C2CCNCC2)cc1Cl. The Kier molecular flexibility index (Phi) is 6.27. The molecule has 0 aliphatic carbocycles.